The molecule has 0 atom stereocenters. The Morgan fingerprint density at radius 1 is 1.28 bits per heavy atom. The van der Waals surface area contributed by atoms with Crippen molar-refractivity contribution >= 4 is 39.2 Å². The van der Waals surface area contributed by atoms with Gasteiger partial charge in [0.2, 0.25) is 11.8 Å². The number of halogens is 1. The summed E-state index contributed by atoms with van der Waals surface area (Å²) in [5, 5.41) is 11.7. The Bertz CT molecular complexity index is 917. The number of likely N-dealkylation sites (N-methyl/N-ethyl adjacent to an activating group) is 1. The van der Waals surface area contributed by atoms with Crippen LogP contribution in [0.15, 0.2) is 47.1 Å². The van der Waals surface area contributed by atoms with E-state index in [2.05, 4.69) is 37.2 Å². The zero-order valence-electron chi connectivity index (χ0n) is 16.1. The first-order valence-electron chi connectivity index (χ1n) is 9.38. The smallest absolute Gasteiger partial charge is 0.244 e. The van der Waals surface area contributed by atoms with Crippen molar-refractivity contribution in [2.24, 2.45) is 5.92 Å². The van der Waals surface area contributed by atoms with E-state index in [1.165, 1.54) is 4.90 Å². The molecule has 29 heavy (non-hydrogen) atoms. The number of anilines is 2. The number of rotatable bonds is 5. The van der Waals surface area contributed by atoms with Crippen LogP contribution in [0.5, 0.6) is 0 Å². The molecule has 1 aromatic heterocycles. The van der Waals surface area contributed by atoms with Crippen molar-refractivity contribution < 1.29 is 9.59 Å². The Hall–Kier alpha value is -2.92. The maximum atomic E-state index is 12.7. The largest absolute Gasteiger partial charge is 0.357 e. The molecular weight excluding hydrogens is 434 g/mol. The second-order valence-electron chi connectivity index (χ2n) is 7.00. The summed E-state index contributed by atoms with van der Waals surface area (Å²) in [6.07, 6.45) is 2.97. The van der Waals surface area contributed by atoms with Gasteiger partial charge < -0.3 is 15.1 Å². The summed E-state index contributed by atoms with van der Waals surface area (Å²) in [6, 6.07) is 13.0. The third-order valence-corrected chi connectivity index (χ3v) is 5.64. The molecule has 8 heteroatoms. The number of aromatic nitrogens is 1. The Labute approximate surface area is 178 Å². The lowest BCUT2D eigenvalue weighted by Crippen LogP contribution is -2.43. The first-order chi connectivity index (χ1) is 14.0. The van der Waals surface area contributed by atoms with Crippen molar-refractivity contribution in [3.05, 3.63) is 52.6 Å². The van der Waals surface area contributed by atoms with E-state index in [0.717, 1.165) is 10.3 Å². The molecule has 0 unspecified atom stereocenters. The Balaban J connectivity index is 1.50. The van der Waals surface area contributed by atoms with Crippen LogP contribution in [0.3, 0.4) is 0 Å². The average Bonchev–Trinajstić information content (AvgIpc) is 2.75. The highest BCUT2D eigenvalue weighted by Gasteiger charge is 2.28. The molecule has 0 saturated carbocycles. The van der Waals surface area contributed by atoms with Gasteiger partial charge in [0, 0.05) is 36.7 Å². The predicted octanol–water partition coefficient (Wildman–Crippen LogP) is 3.03. The number of nitrogens with zero attached hydrogens (tertiary/aromatic N) is 4. The number of hydrogen-bond acceptors (Lipinski definition) is 5. The fourth-order valence-electron chi connectivity index (χ4n) is 3.35. The summed E-state index contributed by atoms with van der Waals surface area (Å²) in [7, 11) is 1.66. The van der Waals surface area contributed by atoms with Gasteiger partial charge in [-0.25, -0.2) is 4.98 Å². The minimum absolute atomic E-state index is 0.0115. The lowest BCUT2D eigenvalue weighted by atomic mass is 9.95. The monoisotopic (exact) mass is 455 g/mol. The number of carbonyl (C=O) groups is 2. The standard InChI is InChI=1S/C21H22BrN5O2/c1-26(14-20(28)25-18-5-3-2-4-17(18)22)21(29)16-8-10-27(11-9-16)19-7-6-15(12-23)13-24-19/h2-7,13,16H,8-11,14H2,1H3,(H,25,28). The zero-order chi connectivity index (χ0) is 20.8. The minimum Gasteiger partial charge on any atom is -0.357 e. The molecule has 1 aromatic carbocycles. The van der Waals surface area contributed by atoms with Gasteiger partial charge in [0.05, 0.1) is 17.8 Å². The van der Waals surface area contributed by atoms with E-state index in [-0.39, 0.29) is 24.3 Å². The van der Waals surface area contributed by atoms with Gasteiger partial charge in [-0.1, -0.05) is 12.1 Å². The lowest BCUT2D eigenvalue weighted by Gasteiger charge is -2.33. The van der Waals surface area contributed by atoms with Crippen LogP contribution in [-0.4, -0.2) is 48.4 Å². The Morgan fingerprint density at radius 3 is 2.62 bits per heavy atom. The van der Waals surface area contributed by atoms with Crippen LogP contribution in [0.2, 0.25) is 0 Å². The van der Waals surface area contributed by atoms with Gasteiger partial charge in [0.1, 0.15) is 11.9 Å². The number of pyridine rings is 1. The molecule has 7 nitrogen and oxygen atoms in total. The molecule has 2 heterocycles. The first-order valence-corrected chi connectivity index (χ1v) is 10.2. The summed E-state index contributed by atoms with van der Waals surface area (Å²) in [6.45, 7) is 1.44. The molecule has 0 bridgehead atoms. The number of hydrogen-bond donors (Lipinski definition) is 1. The highest BCUT2D eigenvalue weighted by Crippen LogP contribution is 2.24. The third-order valence-electron chi connectivity index (χ3n) is 4.95. The normalized spacial score (nSPS) is 14.2. The number of piperidine rings is 1. The molecule has 1 fully saturated rings. The number of para-hydroxylation sites is 1. The van der Waals surface area contributed by atoms with Crippen LogP contribution in [0.4, 0.5) is 11.5 Å². The highest BCUT2D eigenvalue weighted by atomic mass is 79.9. The number of amides is 2. The number of carbonyl (C=O) groups excluding carboxylic acids is 2. The fraction of sp³-hybridized carbons (Fsp3) is 0.333. The summed E-state index contributed by atoms with van der Waals surface area (Å²) in [5.74, 6) is 0.466. The summed E-state index contributed by atoms with van der Waals surface area (Å²) < 4.78 is 0.797. The van der Waals surface area contributed by atoms with Crippen molar-refractivity contribution in [1.29, 1.82) is 5.26 Å². The summed E-state index contributed by atoms with van der Waals surface area (Å²) >= 11 is 3.39. The molecular formula is C21H22BrN5O2. The maximum Gasteiger partial charge on any atom is 0.244 e. The molecule has 150 valence electrons. The molecule has 2 amide bonds. The predicted molar refractivity (Wildman–Crippen MR) is 114 cm³/mol. The van der Waals surface area contributed by atoms with Crippen LogP contribution in [0.25, 0.3) is 0 Å². The quantitative estimate of drug-likeness (QED) is 0.747. The van der Waals surface area contributed by atoms with E-state index >= 15 is 0 Å². The average molecular weight is 456 g/mol. The highest BCUT2D eigenvalue weighted by molar-refractivity contribution is 9.10. The van der Waals surface area contributed by atoms with Crippen LogP contribution >= 0.6 is 15.9 Å². The van der Waals surface area contributed by atoms with Gasteiger partial charge in [-0.05, 0) is 53.0 Å². The Morgan fingerprint density at radius 2 is 2.00 bits per heavy atom. The molecule has 3 rings (SSSR count). The lowest BCUT2D eigenvalue weighted by molar-refractivity contribution is -0.137. The number of benzene rings is 1. The molecule has 1 N–H and O–H groups in total. The second kappa shape index (κ2) is 9.52. The van der Waals surface area contributed by atoms with Crippen LogP contribution < -0.4 is 10.2 Å². The van der Waals surface area contributed by atoms with Gasteiger partial charge >= 0.3 is 0 Å². The van der Waals surface area contributed by atoms with E-state index in [4.69, 9.17) is 5.26 Å². The van der Waals surface area contributed by atoms with E-state index in [9.17, 15) is 9.59 Å². The van der Waals surface area contributed by atoms with Crippen molar-refractivity contribution in [3.8, 4) is 6.07 Å². The molecule has 1 saturated heterocycles. The van der Waals surface area contributed by atoms with Gasteiger partial charge in [0.15, 0.2) is 0 Å². The van der Waals surface area contributed by atoms with E-state index in [1.54, 1.807) is 25.4 Å². The molecule has 2 aromatic rings. The van der Waals surface area contributed by atoms with Crippen molar-refractivity contribution in [2.45, 2.75) is 12.8 Å². The molecule has 0 aliphatic carbocycles. The number of nitriles is 1. The van der Waals surface area contributed by atoms with Crippen molar-refractivity contribution in [1.82, 2.24) is 9.88 Å². The van der Waals surface area contributed by atoms with Gasteiger partial charge in [-0.3, -0.25) is 9.59 Å². The van der Waals surface area contributed by atoms with Crippen molar-refractivity contribution in [2.75, 3.05) is 36.9 Å². The van der Waals surface area contributed by atoms with Gasteiger partial charge in [0.25, 0.3) is 0 Å². The van der Waals surface area contributed by atoms with Crippen LogP contribution in [0, 0.1) is 17.2 Å². The SMILES string of the molecule is CN(CC(=O)Nc1ccccc1Br)C(=O)C1CCN(c2ccc(C#N)cn2)CC1. The molecule has 0 spiro atoms. The fourth-order valence-corrected chi connectivity index (χ4v) is 3.74. The van der Waals surface area contributed by atoms with Gasteiger partial charge in [-0.15, -0.1) is 0 Å². The van der Waals surface area contributed by atoms with Crippen molar-refractivity contribution in [3.63, 3.8) is 0 Å². The van der Waals surface area contributed by atoms with Crippen LogP contribution in [0.1, 0.15) is 18.4 Å². The van der Waals surface area contributed by atoms with E-state index in [0.29, 0.717) is 37.2 Å². The van der Waals surface area contributed by atoms with E-state index in [1.807, 2.05) is 24.3 Å². The topological polar surface area (TPSA) is 89.3 Å². The number of nitrogens with one attached hydrogen (secondary N) is 1. The third kappa shape index (κ3) is 5.33. The molecule has 1 aliphatic rings. The maximum absolute atomic E-state index is 12.7. The zero-order valence-corrected chi connectivity index (χ0v) is 17.7. The van der Waals surface area contributed by atoms with E-state index < -0.39 is 0 Å². The first kappa shape index (κ1) is 20.8. The molecule has 1 aliphatic heterocycles. The van der Waals surface area contributed by atoms with Gasteiger partial charge in [-0.2, -0.15) is 5.26 Å². The minimum atomic E-state index is -0.230. The Kier molecular flexibility index (Phi) is 6.83. The van der Waals surface area contributed by atoms with Crippen LogP contribution in [-0.2, 0) is 9.59 Å². The summed E-state index contributed by atoms with van der Waals surface area (Å²) in [5.41, 5.74) is 1.21. The molecule has 0 radical (unpaired) electrons. The summed E-state index contributed by atoms with van der Waals surface area (Å²) in [4.78, 5) is 33.0. The second-order valence-corrected chi connectivity index (χ2v) is 7.85.